The number of methoxy groups -OCH3 is 2. The Morgan fingerprint density at radius 2 is 2.00 bits per heavy atom. The van der Waals surface area contributed by atoms with E-state index in [0.29, 0.717) is 23.0 Å². The number of nitro groups is 1. The maximum absolute atomic E-state index is 11.2. The summed E-state index contributed by atoms with van der Waals surface area (Å²) >= 11 is 1.24. The number of hydrogen-bond acceptors (Lipinski definition) is 7. The zero-order valence-corrected chi connectivity index (χ0v) is 12.4. The Hall–Kier alpha value is -1.22. The molecule has 1 saturated heterocycles. The standard InChI is InChI=1S/C12H18N2O5S/c1-7(15)11-4-8(14(16)17)12(20-11)13-5-9(18-2)10(6-13)19-3/h4,7,9-10,15H,5-6H2,1-3H3/t7-,9?,10?/m0/s1. The van der Waals surface area contributed by atoms with E-state index in [2.05, 4.69) is 0 Å². The van der Waals surface area contributed by atoms with Crippen LogP contribution in [0.1, 0.15) is 17.9 Å². The minimum atomic E-state index is -0.716. The monoisotopic (exact) mass is 302 g/mol. The minimum Gasteiger partial charge on any atom is -0.388 e. The third kappa shape index (κ3) is 2.78. The Balaban J connectivity index is 2.30. The van der Waals surface area contributed by atoms with E-state index >= 15 is 0 Å². The summed E-state index contributed by atoms with van der Waals surface area (Å²) < 4.78 is 10.7. The molecule has 1 N–H and O–H groups in total. The van der Waals surface area contributed by atoms with E-state index in [1.807, 2.05) is 4.90 Å². The summed E-state index contributed by atoms with van der Waals surface area (Å²) in [6, 6.07) is 1.44. The van der Waals surface area contributed by atoms with Gasteiger partial charge in [-0.25, -0.2) is 0 Å². The highest BCUT2D eigenvalue weighted by atomic mass is 32.1. The Labute approximate surface area is 120 Å². The summed E-state index contributed by atoms with van der Waals surface area (Å²) in [6.45, 7) is 2.67. The first-order valence-electron chi connectivity index (χ1n) is 6.24. The Morgan fingerprint density at radius 3 is 2.40 bits per heavy atom. The highest BCUT2D eigenvalue weighted by molar-refractivity contribution is 7.16. The first-order chi connectivity index (χ1) is 9.47. The molecule has 20 heavy (non-hydrogen) atoms. The van der Waals surface area contributed by atoms with Gasteiger partial charge in [0.05, 0.1) is 11.0 Å². The molecule has 2 rings (SSSR count). The Morgan fingerprint density at radius 1 is 1.45 bits per heavy atom. The maximum Gasteiger partial charge on any atom is 0.304 e. The first-order valence-corrected chi connectivity index (χ1v) is 7.06. The highest BCUT2D eigenvalue weighted by Crippen LogP contribution is 2.41. The number of thiophene rings is 1. The molecule has 7 nitrogen and oxygen atoms in total. The van der Waals surface area contributed by atoms with Crippen LogP contribution in [0.2, 0.25) is 0 Å². The molecule has 1 aromatic heterocycles. The van der Waals surface area contributed by atoms with Gasteiger partial charge in [-0.1, -0.05) is 0 Å². The quantitative estimate of drug-likeness (QED) is 0.656. The number of ether oxygens (including phenoxy) is 2. The number of rotatable bonds is 5. The fourth-order valence-electron chi connectivity index (χ4n) is 2.32. The van der Waals surface area contributed by atoms with Gasteiger partial charge in [0.25, 0.3) is 0 Å². The zero-order chi connectivity index (χ0) is 14.9. The van der Waals surface area contributed by atoms with Crippen LogP contribution in [0.5, 0.6) is 0 Å². The molecule has 1 aliphatic rings. The highest BCUT2D eigenvalue weighted by Gasteiger charge is 2.37. The Kier molecular flexibility index (Phi) is 4.59. The van der Waals surface area contributed by atoms with E-state index in [9.17, 15) is 15.2 Å². The molecule has 0 aromatic carbocycles. The predicted octanol–water partition coefficient (Wildman–Crippen LogP) is 1.56. The number of anilines is 1. The summed E-state index contributed by atoms with van der Waals surface area (Å²) in [4.78, 5) is 13.2. The molecule has 8 heteroatoms. The van der Waals surface area contributed by atoms with Gasteiger partial charge in [0.1, 0.15) is 12.2 Å². The molecule has 112 valence electrons. The van der Waals surface area contributed by atoms with Crippen molar-refractivity contribution in [1.29, 1.82) is 0 Å². The molecule has 0 spiro atoms. The third-order valence-electron chi connectivity index (χ3n) is 3.43. The van der Waals surface area contributed by atoms with Crippen molar-refractivity contribution in [3.8, 4) is 0 Å². The van der Waals surface area contributed by atoms with Crippen molar-refractivity contribution < 1.29 is 19.5 Å². The summed E-state index contributed by atoms with van der Waals surface area (Å²) in [7, 11) is 3.20. The lowest BCUT2D eigenvalue weighted by Gasteiger charge is -2.14. The molecule has 1 aliphatic heterocycles. The molecular formula is C12H18N2O5S. The molecule has 0 saturated carbocycles. The number of nitrogens with zero attached hydrogens (tertiary/aromatic N) is 2. The molecule has 0 radical (unpaired) electrons. The molecule has 0 amide bonds. The van der Waals surface area contributed by atoms with Crippen LogP contribution in [-0.4, -0.2) is 49.5 Å². The van der Waals surface area contributed by atoms with E-state index in [1.54, 1.807) is 21.1 Å². The van der Waals surface area contributed by atoms with Gasteiger partial charge < -0.3 is 19.5 Å². The molecule has 2 heterocycles. The summed E-state index contributed by atoms with van der Waals surface area (Å²) in [5, 5.41) is 21.3. The average Bonchev–Trinajstić information content (AvgIpc) is 3.01. The Bertz CT molecular complexity index is 478. The van der Waals surface area contributed by atoms with E-state index < -0.39 is 11.0 Å². The summed E-state index contributed by atoms with van der Waals surface area (Å²) in [5.74, 6) is 0. The lowest BCUT2D eigenvalue weighted by molar-refractivity contribution is -0.383. The summed E-state index contributed by atoms with van der Waals surface area (Å²) in [5.41, 5.74) is 0.0255. The minimum absolute atomic E-state index is 0.0255. The van der Waals surface area contributed by atoms with Gasteiger partial charge >= 0.3 is 5.69 Å². The first kappa shape index (κ1) is 15.2. The van der Waals surface area contributed by atoms with Crippen LogP contribution in [0.3, 0.4) is 0 Å². The number of aliphatic hydroxyl groups is 1. The van der Waals surface area contributed by atoms with Crippen molar-refractivity contribution >= 4 is 22.0 Å². The molecule has 1 fully saturated rings. The van der Waals surface area contributed by atoms with Crippen LogP contribution in [0.25, 0.3) is 0 Å². The number of hydrogen-bond donors (Lipinski definition) is 1. The van der Waals surface area contributed by atoms with E-state index in [4.69, 9.17) is 9.47 Å². The van der Waals surface area contributed by atoms with Gasteiger partial charge in [0, 0.05) is 38.3 Å². The van der Waals surface area contributed by atoms with E-state index in [0.717, 1.165) is 0 Å². The topological polar surface area (TPSA) is 85.1 Å². The van der Waals surface area contributed by atoms with Gasteiger partial charge in [-0.15, -0.1) is 11.3 Å². The molecule has 1 aromatic rings. The second kappa shape index (κ2) is 6.04. The van der Waals surface area contributed by atoms with Crippen molar-refractivity contribution in [3.05, 3.63) is 21.1 Å². The largest absolute Gasteiger partial charge is 0.388 e. The van der Waals surface area contributed by atoms with Crippen LogP contribution >= 0.6 is 11.3 Å². The van der Waals surface area contributed by atoms with Crippen molar-refractivity contribution in [3.63, 3.8) is 0 Å². The van der Waals surface area contributed by atoms with Crippen molar-refractivity contribution in [2.75, 3.05) is 32.2 Å². The van der Waals surface area contributed by atoms with Gasteiger partial charge in [-0.2, -0.15) is 0 Å². The van der Waals surface area contributed by atoms with Crippen LogP contribution in [-0.2, 0) is 9.47 Å². The fraction of sp³-hybridized carbons (Fsp3) is 0.667. The third-order valence-corrected chi connectivity index (χ3v) is 4.78. The van der Waals surface area contributed by atoms with E-state index in [-0.39, 0.29) is 17.9 Å². The van der Waals surface area contributed by atoms with Gasteiger partial charge in [0.15, 0.2) is 5.00 Å². The second-order valence-electron chi connectivity index (χ2n) is 4.73. The number of aliphatic hydroxyl groups excluding tert-OH is 1. The molecule has 0 aliphatic carbocycles. The normalized spacial score (nSPS) is 24.1. The lowest BCUT2D eigenvalue weighted by Crippen LogP contribution is -2.27. The van der Waals surface area contributed by atoms with Crippen molar-refractivity contribution in [2.45, 2.75) is 25.2 Å². The molecular weight excluding hydrogens is 284 g/mol. The fourth-order valence-corrected chi connectivity index (χ4v) is 3.40. The smallest absolute Gasteiger partial charge is 0.304 e. The maximum atomic E-state index is 11.2. The van der Waals surface area contributed by atoms with E-state index in [1.165, 1.54) is 17.4 Å². The van der Waals surface area contributed by atoms with Gasteiger partial charge in [-0.05, 0) is 6.92 Å². The second-order valence-corrected chi connectivity index (χ2v) is 5.79. The van der Waals surface area contributed by atoms with Crippen molar-refractivity contribution in [2.24, 2.45) is 0 Å². The van der Waals surface area contributed by atoms with Crippen molar-refractivity contribution in [1.82, 2.24) is 0 Å². The zero-order valence-electron chi connectivity index (χ0n) is 11.6. The van der Waals surface area contributed by atoms with Gasteiger partial charge in [-0.3, -0.25) is 10.1 Å². The average molecular weight is 302 g/mol. The lowest BCUT2D eigenvalue weighted by atomic mass is 10.3. The van der Waals surface area contributed by atoms with Gasteiger partial charge in [0.2, 0.25) is 0 Å². The molecule has 3 atom stereocenters. The van der Waals surface area contributed by atoms with Crippen LogP contribution in [0, 0.1) is 10.1 Å². The van der Waals surface area contributed by atoms with Crippen LogP contribution in [0.15, 0.2) is 6.07 Å². The van der Waals surface area contributed by atoms with Crippen LogP contribution in [0.4, 0.5) is 10.7 Å². The molecule has 2 unspecified atom stereocenters. The SMILES string of the molecule is COC1CN(c2sc([C@H](C)O)cc2[N+](=O)[O-])CC1OC. The molecule has 0 bridgehead atoms. The van der Waals surface area contributed by atoms with Crippen LogP contribution < -0.4 is 4.90 Å². The predicted molar refractivity (Wildman–Crippen MR) is 75.4 cm³/mol. The summed E-state index contributed by atoms with van der Waals surface area (Å²) in [6.07, 6.45) is -0.945.